The van der Waals surface area contributed by atoms with Crippen molar-refractivity contribution in [3.8, 4) is 11.3 Å². The molecule has 3 aromatic rings. The van der Waals surface area contributed by atoms with Gasteiger partial charge in [0.25, 0.3) is 5.91 Å². The Bertz CT molecular complexity index is 1020. The van der Waals surface area contributed by atoms with Crippen LogP contribution in [0.2, 0.25) is 0 Å². The molecule has 0 spiro atoms. The maximum Gasteiger partial charge on any atom is 0.280 e. The van der Waals surface area contributed by atoms with Gasteiger partial charge in [0.1, 0.15) is 5.82 Å². The maximum absolute atomic E-state index is 13.4. The van der Waals surface area contributed by atoms with Crippen LogP contribution in [0.25, 0.3) is 11.3 Å². The van der Waals surface area contributed by atoms with Gasteiger partial charge in [-0.05, 0) is 77.9 Å². The minimum Gasteiger partial charge on any atom is -0.316 e. The molecular weight excluding hydrogens is 474 g/mol. The van der Waals surface area contributed by atoms with Crippen molar-refractivity contribution in [1.82, 2.24) is 4.57 Å². The van der Waals surface area contributed by atoms with Crippen LogP contribution in [0, 0.1) is 9.39 Å². The molecular formula is C21H20FIN2OS. The van der Waals surface area contributed by atoms with Gasteiger partial charge < -0.3 is 4.57 Å². The van der Waals surface area contributed by atoms with Gasteiger partial charge in [-0.2, -0.15) is 4.99 Å². The molecule has 0 aliphatic heterocycles. The Morgan fingerprint density at radius 1 is 1.15 bits per heavy atom. The molecule has 3 nitrogen and oxygen atoms in total. The number of carbonyl (C=O) groups excluding carboxylic acids is 1. The first-order valence-electron chi connectivity index (χ1n) is 8.87. The van der Waals surface area contributed by atoms with Crippen LogP contribution >= 0.6 is 33.9 Å². The zero-order valence-electron chi connectivity index (χ0n) is 15.2. The van der Waals surface area contributed by atoms with Gasteiger partial charge in [0.05, 0.1) is 11.3 Å². The molecule has 1 heterocycles. The molecule has 3 rings (SSSR count). The summed E-state index contributed by atoms with van der Waals surface area (Å²) in [5.74, 6) is -0.495. The summed E-state index contributed by atoms with van der Waals surface area (Å²) in [6, 6.07) is 14.0. The molecule has 0 bridgehead atoms. The Kier molecular flexibility index (Phi) is 6.59. The lowest BCUT2D eigenvalue weighted by Crippen LogP contribution is -2.17. The molecule has 0 saturated carbocycles. The van der Waals surface area contributed by atoms with Crippen molar-refractivity contribution in [3.05, 3.63) is 73.2 Å². The molecule has 0 saturated heterocycles. The molecule has 1 amide bonds. The Morgan fingerprint density at radius 3 is 2.48 bits per heavy atom. The van der Waals surface area contributed by atoms with Gasteiger partial charge in [0.2, 0.25) is 0 Å². The Balaban J connectivity index is 2.16. The molecule has 140 valence electrons. The Hall–Kier alpha value is -1.80. The zero-order chi connectivity index (χ0) is 19.4. The molecule has 0 aliphatic carbocycles. The molecule has 0 N–H and O–H groups in total. The summed E-state index contributed by atoms with van der Waals surface area (Å²) in [5, 5.41) is 0. The standard InChI is InChI=1S/C21H20FIN2OS/c1-3-7-18-19(14-10-12-15(22)13-11-14)25(4-2)21(27-18)24-20(26)16-8-5-6-9-17(16)23/h5-6,8-13H,3-4,7H2,1-2H3. The van der Waals surface area contributed by atoms with E-state index in [-0.39, 0.29) is 11.7 Å². The first-order chi connectivity index (χ1) is 13.0. The average Bonchev–Trinajstić information content (AvgIpc) is 3.00. The summed E-state index contributed by atoms with van der Waals surface area (Å²) < 4.78 is 16.3. The van der Waals surface area contributed by atoms with Crippen molar-refractivity contribution >= 4 is 39.8 Å². The van der Waals surface area contributed by atoms with Gasteiger partial charge in [0.15, 0.2) is 4.80 Å². The third-order valence-corrected chi connectivity index (χ3v) is 6.27. The summed E-state index contributed by atoms with van der Waals surface area (Å²) >= 11 is 3.70. The molecule has 1 aromatic heterocycles. The first kappa shape index (κ1) is 19.9. The van der Waals surface area contributed by atoms with Gasteiger partial charge in [-0.3, -0.25) is 4.79 Å². The lowest BCUT2D eigenvalue weighted by Gasteiger charge is -2.09. The topological polar surface area (TPSA) is 34.4 Å². The van der Waals surface area contributed by atoms with Gasteiger partial charge in [-0.25, -0.2) is 4.39 Å². The third-order valence-electron chi connectivity index (χ3n) is 4.19. The number of carbonyl (C=O) groups is 1. The van der Waals surface area contributed by atoms with Crippen LogP contribution in [0.3, 0.4) is 0 Å². The van der Waals surface area contributed by atoms with E-state index in [0.717, 1.165) is 27.7 Å². The van der Waals surface area contributed by atoms with E-state index >= 15 is 0 Å². The van der Waals surface area contributed by atoms with Gasteiger partial charge >= 0.3 is 0 Å². The van der Waals surface area contributed by atoms with E-state index < -0.39 is 0 Å². The normalized spacial score (nSPS) is 11.8. The highest BCUT2D eigenvalue weighted by molar-refractivity contribution is 14.1. The van der Waals surface area contributed by atoms with Crippen molar-refractivity contribution in [1.29, 1.82) is 0 Å². The second kappa shape index (κ2) is 8.93. The van der Waals surface area contributed by atoms with Crippen molar-refractivity contribution in [2.75, 3.05) is 0 Å². The zero-order valence-corrected chi connectivity index (χ0v) is 18.2. The summed E-state index contributed by atoms with van der Waals surface area (Å²) in [6.45, 7) is 4.84. The highest BCUT2D eigenvalue weighted by Gasteiger charge is 2.16. The Morgan fingerprint density at radius 2 is 1.85 bits per heavy atom. The highest BCUT2D eigenvalue weighted by atomic mass is 127. The summed E-state index contributed by atoms with van der Waals surface area (Å²) in [7, 11) is 0. The van der Waals surface area contributed by atoms with E-state index in [4.69, 9.17) is 0 Å². The molecule has 6 heteroatoms. The molecule has 27 heavy (non-hydrogen) atoms. The van der Waals surface area contributed by atoms with Crippen LogP contribution in [0.4, 0.5) is 4.39 Å². The SMILES string of the molecule is CCCc1sc(=NC(=O)c2ccccc2I)n(CC)c1-c1ccc(F)cc1. The molecule has 2 aromatic carbocycles. The number of aryl methyl sites for hydroxylation is 1. The number of rotatable bonds is 5. The number of amides is 1. The number of thiazole rings is 1. The van der Waals surface area contributed by atoms with Crippen molar-refractivity contribution in [3.63, 3.8) is 0 Å². The summed E-state index contributed by atoms with van der Waals surface area (Å²) in [6.07, 6.45) is 1.88. The molecule has 0 radical (unpaired) electrons. The summed E-state index contributed by atoms with van der Waals surface area (Å²) in [4.78, 5) is 19.0. The van der Waals surface area contributed by atoms with E-state index in [0.29, 0.717) is 16.9 Å². The number of halogens is 2. The van der Waals surface area contributed by atoms with Crippen LogP contribution in [0.15, 0.2) is 53.5 Å². The van der Waals surface area contributed by atoms with Crippen LogP contribution < -0.4 is 4.80 Å². The average molecular weight is 494 g/mol. The van der Waals surface area contributed by atoms with E-state index in [1.165, 1.54) is 17.0 Å². The fourth-order valence-electron chi connectivity index (χ4n) is 2.94. The molecule has 0 atom stereocenters. The van der Waals surface area contributed by atoms with E-state index in [2.05, 4.69) is 39.1 Å². The fourth-order valence-corrected chi connectivity index (χ4v) is 4.87. The van der Waals surface area contributed by atoms with Crippen LogP contribution in [-0.4, -0.2) is 10.5 Å². The molecule has 0 fully saturated rings. The number of benzene rings is 2. The number of hydrogen-bond donors (Lipinski definition) is 0. The predicted molar refractivity (Wildman–Crippen MR) is 116 cm³/mol. The van der Waals surface area contributed by atoms with E-state index in [9.17, 15) is 9.18 Å². The van der Waals surface area contributed by atoms with Crippen LogP contribution in [0.5, 0.6) is 0 Å². The third kappa shape index (κ3) is 4.38. The Labute approximate surface area is 175 Å². The second-order valence-electron chi connectivity index (χ2n) is 6.05. The largest absolute Gasteiger partial charge is 0.316 e. The first-order valence-corrected chi connectivity index (χ1v) is 10.8. The number of aromatic nitrogens is 1. The van der Waals surface area contributed by atoms with Gasteiger partial charge in [0, 0.05) is 15.0 Å². The maximum atomic E-state index is 13.4. The van der Waals surface area contributed by atoms with E-state index in [1.807, 2.05) is 25.1 Å². The van der Waals surface area contributed by atoms with Crippen molar-refractivity contribution in [2.24, 2.45) is 4.99 Å². The minimum atomic E-state index is -0.257. The quantitative estimate of drug-likeness (QED) is 0.421. The minimum absolute atomic E-state index is 0.239. The monoisotopic (exact) mass is 494 g/mol. The van der Waals surface area contributed by atoms with Crippen LogP contribution in [-0.2, 0) is 13.0 Å². The van der Waals surface area contributed by atoms with Gasteiger partial charge in [-0.15, -0.1) is 11.3 Å². The molecule has 0 unspecified atom stereocenters. The lowest BCUT2D eigenvalue weighted by molar-refractivity contribution is 0.0997. The van der Waals surface area contributed by atoms with Crippen molar-refractivity contribution < 1.29 is 9.18 Å². The predicted octanol–water partition coefficient (Wildman–Crippen LogP) is 5.67. The van der Waals surface area contributed by atoms with Crippen molar-refractivity contribution in [2.45, 2.75) is 33.2 Å². The fraction of sp³-hybridized carbons (Fsp3) is 0.238. The highest BCUT2D eigenvalue weighted by Crippen LogP contribution is 2.27. The van der Waals surface area contributed by atoms with Crippen LogP contribution in [0.1, 0.15) is 35.5 Å². The smallest absolute Gasteiger partial charge is 0.280 e. The second-order valence-corrected chi connectivity index (χ2v) is 8.28. The molecule has 0 aliphatic rings. The number of nitrogens with zero attached hydrogens (tertiary/aromatic N) is 2. The number of hydrogen-bond acceptors (Lipinski definition) is 2. The van der Waals surface area contributed by atoms with Gasteiger partial charge in [-0.1, -0.05) is 25.5 Å². The lowest BCUT2D eigenvalue weighted by atomic mass is 10.1. The summed E-state index contributed by atoms with van der Waals surface area (Å²) in [5.41, 5.74) is 2.58. The van der Waals surface area contributed by atoms with E-state index in [1.54, 1.807) is 29.5 Å².